The number of aryl methyl sites for hydroxylation is 2. The van der Waals surface area contributed by atoms with Crippen molar-refractivity contribution in [3.63, 3.8) is 0 Å². The topological polar surface area (TPSA) is 76.4 Å². The Labute approximate surface area is 177 Å². The van der Waals surface area contributed by atoms with E-state index >= 15 is 0 Å². The molecule has 3 rings (SSSR count). The summed E-state index contributed by atoms with van der Waals surface area (Å²) in [5, 5.41) is 16.5. The van der Waals surface area contributed by atoms with E-state index < -0.39 is 24.9 Å². The third-order valence-electron chi connectivity index (χ3n) is 4.72. The minimum Gasteiger partial charge on any atom is -0.406 e. The van der Waals surface area contributed by atoms with Crippen molar-refractivity contribution in [2.24, 2.45) is 7.05 Å². The van der Waals surface area contributed by atoms with Crippen LogP contribution in [0.1, 0.15) is 38.9 Å². The molecular formula is C22H22F3N3O3. The van der Waals surface area contributed by atoms with E-state index in [4.69, 9.17) is 0 Å². The average molecular weight is 433 g/mol. The largest absolute Gasteiger partial charge is 0.573 e. The van der Waals surface area contributed by atoms with Gasteiger partial charge in [-0.15, -0.1) is 13.2 Å². The second-order valence-electron chi connectivity index (χ2n) is 7.13. The van der Waals surface area contributed by atoms with Crippen LogP contribution in [-0.2, 0) is 13.5 Å². The summed E-state index contributed by atoms with van der Waals surface area (Å²) in [4.78, 5) is 12.6. The van der Waals surface area contributed by atoms with Gasteiger partial charge in [0.2, 0.25) is 0 Å². The lowest BCUT2D eigenvalue weighted by molar-refractivity contribution is -0.274. The van der Waals surface area contributed by atoms with Gasteiger partial charge in [-0.05, 0) is 36.2 Å². The number of halogens is 3. The summed E-state index contributed by atoms with van der Waals surface area (Å²) in [6.45, 7) is 1.57. The van der Waals surface area contributed by atoms with Gasteiger partial charge in [0.15, 0.2) is 0 Å². The lowest BCUT2D eigenvalue weighted by Gasteiger charge is -2.17. The van der Waals surface area contributed by atoms with Crippen molar-refractivity contribution in [1.82, 2.24) is 15.1 Å². The van der Waals surface area contributed by atoms with Crippen molar-refractivity contribution in [2.45, 2.75) is 25.7 Å². The summed E-state index contributed by atoms with van der Waals surface area (Å²) in [6.07, 6.45) is -4.19. The van der Waals surface area contributed by atoms with Gasteiger partial charge in [0.1, 0.15) is 11.4 Å². The van der Waals surface area contributed by atoms with Crippen molar-refractivity contribution in [1.29, 1.82) is 0 Å². The summed E-state index contributed by atoms with van der Waals surface area (Å²) in [6, 6.07) is 13.8. The number of carbonyl (C=O) groups excluding carboxylic acids is 1. The molecule has 0 saturated heterocycles. The van der Waals surface area contributed by atoms with Crippen molar-refractivity contribution in [2.75, 3.05) is 6.61 Å². The summed E-state index contributed by atoms with van der Waals surface area (Å²) >= 11 is 0. The van der Waals surface area contributed by atoms with Gasteiger partial charge in [-0.25, -0.2) is 0 Å². The molecule has 1 atom stereocenters. The second-order valence-corrected chi connectivity index (χ2v) is 7.13. The molecule has 9 heteroatoms. The number of aliphatic hydroxyl groups is 1. The van der Waals surface area contributed by atoms with Crippen LogP contribution in [0.15, 0.2) is 54.6 Å². The van der Waals surface area contributed by atoms with Crippen LogP contribution in [0.2, 0.25) is 0 Å². The highest BCUT2D eigenvalue weighted by molar-refractivity contribution is 5.92. The Bertz CT molecular complexity index is 1030. The van der Waals surface area contributed by atoms with Crippen molar-refractivity contribution in [3.05, 3.63) is 82.7 Å². The molecule has 0 aliphatic rings. The van der Waals surface area contributed by atoms with Crippen LogP contribution in [0.5, 0.6) is 5.75 Å². The molecule has 1 unspecified atom stereocenters. The number of rotatable bonds is 7. The molecule has 164 valence electrons. The minimum absolute atomic E-state index is 0.181. The number of nitrogens with one attached hydrogen (secondary N) is 1. The van der Waals surface area contributed by atoms with Gasteiger partial charge in [-0.2, -0.15) is 5.10 Å². The number of hydrogen-bond donors (Lipinski definition) is 2. The summed E-state index contributed by atoms with van der Waals surface area (Å²) in [7, 11) is 1.74. The van der Waals surface area contributed by atoms with E-state index in [9.17, 15) is 23.1 Å². The molecule has 0 fully saturated rings. The smallest absolute Gasteiger partial charge is 0.406 e. The summed E-state index contributed by atoms with van der Waals surface area (Å²) < 4.78 is 42.3. The normalized spacial score (nSPS) is 12.5. The predicted molar refractivity (Wildman–Crippen MR) is 108 cm³/mol. The average Bonchev–Trinajstić information content (AvgIpc) is 3.08. The zero-order chi connectivity index (χ0) is 22.6. The number of nitrogens with zero attached hydrogens (tertiary/aromatic N) is 2. The first-order valence-electron chi connectivity index (χ1n) is 9.50. The van der Waals surface area contributed by atoms with E-state index in [0.717, 1.165) is 29.0 Å². The number of hydrogen-bond acceptors (Lipinski definition) is 4. The monoisotopic (exact) mass is 433 g/mol. The number of aromatic nitrogens is 2. The zero-order valence-electron chi connectivity index (χ0n) is 17.0. The van der Waals surface area contributed by atoms with E-state index in [2.05, 4.69) is 15.2 Å². The standard InChI is InChI=1S/C22H22F3N3O3/c1-14-3-5-15(6-4-14)11-17-12-19(27-28(17)2)21(30)26-20(13-29)16-7-9-18(10-8-16)31-22(23,24)25/h3-10,12,20,29H,11,13H2,1-2H3,(H,26,30). The Kier molecular flexibility index (Phi) is 6.65. The fourth-order valence-corrected chi connectivity index (χ4v) is 3.07. The van der Waals surface area contributed by atoms with Crippen molar-refractivity contribution < 1.29 is 27.8 Å². The van der Waals surface area contributed by atoms with Crippen LogP contribution in [0, 0.1) is 6.92 Å². The second kappa shape index (κ2) is 9.22. The molecule has 1 aromatic heterocycles. The van der Waals surface area contributed by atoms with Gasteiger partial charge in [0.05, 0.1) is 12.6 Å². The van der Waals surface area contributed by atoms with E-state index in [-0.39, 0.29) is 11.4 Å². The maximum absolute atomic E-state index is 12.6. The van der Waals surface area contributed by atoms with Crippen LogP contribution < -0.4 is 10.1 Å². The Balaban J connectivity index is 1.68. The van der Waals surface area contributed by atoms with Gasteiger partial charge in [-0.1, -0.05) is 42.0 Å². The van der Waals surface area contributed by atoms with Crippen LogP contribution in [-0.4, -0.2) is 33.8 Å². The third kappa shape index (κ3) is 6.08. The van der Waals surface area contributed by atoms with E-state index in [1.54, 1.807) is 17.8 Å². The SMILES string of the molecule is Cc1ccc(Cc2cc(C(=O)NC(CO)c3ccc(OC(F)(F)F)cc3)nn2C)cc1. The summed E-state index contributed by atoms with van der Waals surface area (Å²) in [5.74, 6) is -0.884. The van der Waals surface area contributed by atoms with Gasteiger partial charge < -0.3 is 15.2 Å². The zero-order valence-corrected chi connectivity index (χ0v) is 17.0. The van der Waals surface area contributed by atoms with E-state index in [0.29, 0.717) is 12.0 Å². The van der Waals surface area contributed by atoms with Gasteiger partial charge >= 0.3 is 6.36 Å². The molecule has 1 amide bonds. The van der Waals surface area contributed by atoms with Gasteiger partial charge in [0.25, 0.3) is 5.91 Å². The molecule has 0 saturated carbocycles. The Morgan fingerprint density at radius 3 is 2.39 bits per heavy atom. The van der Waals surface area contributed by atoms with Crippen molar-refractivity contribution >= 4 is 5.91 Å². The number of alkyl halides is 3. The van der Waals surface area contributed by atoms with Crippen LogP contribution in [0.3, 0.4) is 0 Å². The Morgan fingerprint density at radius 2 is 1.81 bits per heavy atom. The van der Waals surface area contributed by atoms with E-state index in [1.165, 1.54) is 12.1 Å². The quantitative estimate of drug-likeness (QED) is 0.596. The van der Waals surface area contributed by atoms with Gasteiger partial charge in [-0.3, -0.25) is 9.48 Å². The first kappa shape index (κ1) is 22.4. The lowest BCUT2D eigenvalue weighted by Crippen LogP contribution is -2.31. The molecule has 31 heavy (non-hydrogen) atoms. The fourth-order valence-electron chi connectivity index (χ4n) is 3.07. The molecule has 0 aliphatic carbocycles. The molecule has 3 aromatic rings. The van der Waals surface area contributed by atoms with E-state index in [1.807, 2.05) is 31.2 Å². The number of aliphatic hydroxyl groups excluding tert-OH is 1. The predicted octanol–water partition coefficient (Wildman–Crippen LogP) is 3.68. The van der Waals surface area contributed by atoms with Crippen LogP contribution >= 0.6 is 0 Å². The number of carbonyl (C=O) groups is 1. The highest BCUT2D eigenvalue weighted by Crippen LogP contribution is 2.24. The fraction of sp³-hybridized carbons (Fsp3) is 0.273. The minimum atomic E-state index is -4.79. The molecule has 1 heterocycles. The number of amides is 1. The Morgan fingerprint density at radius 1 is 1.16 bits per heavy atom. The third-order valence-corrected chi connectivity index (χ3v) is 4.72. The maximum Gasteiger partial charge on any atom is 0.573 e. The Hall–Kier alpha value is -3.33. The molecular weight excluding hydrogens is 411 g/mol. The van der Waals surface area contributed by atoms with Crippen molar-refractivity contribution in [3.8, 4) is 5.75 Å². The number of benzene rings is 2. The lowest BCUT2D eigenvalue weighted by atomic mass is 10.1. The molecule has 0 aliphatic heterocycles. The maximum atomic E-state index is 12.6. The molecule has 6 nitrogen and oxygen atoms in total. The van der Waals surface area contributed by atoms with Crippen LogP contribution in [0.25, 0.3) is 0 Å². The van der Waals surface area contributed by atoms with Gasteiger partial charge in [0, 0.05) is 19.2 Å². The number of ether oxygens (including phenoxy) is 1. The molecule has 2 N–H and O–H groups in total. The highest BCUT2D eigenvalue weighted by Gasteiger charge is 2.31. The first-order chi connectivity index (χ1) is 14.6. The summed E-state index contributed by atoms with van der Waals surface area (Å²) in [5.41, 5.74) is 3.68. The molecule has 0 bridgehead atoms. The van der Waals surface area contributed by atoms with Crippen LogP contribution in [0.4, 0.5) is 13.2 Å². The first-order valence-corrected chi connectivity index (χ1v) is 9.50. The molecule has 2 aromatic carbocycles. The molecule has 0 radical (unpaired) electrons. The molecule has 0 spiro atoms. The highest BCUT2D eigenvalue weighted by atomic mass is 19.4.